The summed E-state index contributed by atoms with van der Waals surface area (Å²) in [5.41, 5.74) is 2.18. The highest BCUT2D eigenvalue weighted by molar-refractivity contribution is 6.23. The normalized spacial score (nSPS) is 16.0. The first kappa shape index (κ1) is 19.5. The molecule has 3 amide bonds. The third kappa shape index (κ3) is 4.12. The second-order valence-electron chi connectivity index (χ2n) is 7.17. The lowest BCUT2D eigenvalue weighted by molar-refractivity contribution is -0.138. The fourth-order valence-corrected chi connectivity index (χ4v) is 3.64. The van der Waals surface area contributed by atoms with Crippen LogP contribution in [0.3, 0.4) is 0 Å². The fourth-order valence-electron chi connectivity index (χ4n) is 3.64. The first-order chi connectivity index (χ1) is 14.6. The zero-order valence-electron chi connectivity index (χ0n) is 16.3. The summed E-state index contributed by atoms with van der Waals surface area (Å²) in [6, 6.07) is 21.0. The standard InChI is InChI=1S/C24H21N3O3/c28-22(14-18-8-3-1-4-9-18)26(17-19-10-7-13-25-16-19)21-15-23(29)27(24(21)30)20-11-5-2-6-12-20/h1-13,16,21H,14-15,17H2. The highest BCUT2D eigenvalue weighted by Crippen LogP contribution is 2.27. The number of hydrogen-bond acceptors (Lipinski definition) is 4. The molecule has 0 N–H and O–H groups in total. The summed E-state index contributed by atoms with van der Waals surface area (Å²) >= 11 is 0. The summed E-state index contributed by atoms with van der Waals surface area (Å²) in [6.07, 6.45) is 3.44. The monoisotopic (exact) mass is 399 g/mol. The van der Waals surface area contributed by atoms with Gasteiger partial charge in [-0.2, -0.15) is 0 Å². The quantitative estimate of drug-likeness (QED) is 0.598. The molecule has 1 atom stereocenters. The van der Waals surface area contributed by atoms with E-state index in [4.69, 9.17) is 0 Å². The fraction of sp³-hybridized carbons (Fsp3) is 0.167. The number of para-hydroxylation sites is 1. The van der Waals surface area contributed by atoms with Crippen LogP contribution < -0.4 is 4.90 Å². The average Bonchev–Trinajstić information content (AvgIpc) is 3.07. The number of benzene rings is 2. The number of pyridine rings is 1. The maximum absolute atomic E-state index is 13.2. The Balaban J connectivity index is 1.62. The minimum absolute atomic E-state index is 0.0332. The highest BCUT2D eigenvalue weighted by atomic mass is 16.2. The highest BCUT2D eigenvalue weighted by Gasteiger charge is 2.44. The molecule has 1 aliphatic heterocycles. The lowest BCUT2D eigenvalue weighted by atomic mass is 10.1. The van der Waals surface area contributed by atoms with E-state index in [0.29, 0.717) is 5.69 Å². The topological polar surface area (TPSA) is 70.6 Å². The van der Waals surface area contributed by atoms with E-state index in [2.05, 4.69) is 4.98 Å². The van der Waals surface area contributed by atoms with E-state index in [1.165, 1.54) is 9.80 Å². The molecular weight excluding hydrogens is 378 g/mol. The molecule has 1 aliphatic rings. The summed E-state index contributed by atoms with van der Waals surface area (Å²) in [5, 5.41) is 0. The molecule has 3 aromatic rings. The minimum atomic E-state index is -0.839. The third-order valence-corrected chi connectivity index (χ3v) is 5.11. The number of anilines is 1. The molecule has 1 saturated heterocycles. The summed E-state index contributed by atoms with van der Waals surface area (Å²) < 4.78 is 0. The average molecular weight is 399 g/mol. The molecule has 4 rings (SSSR count). The molecule has 2 aromatic carbocycles. The van der Waals surface area contributed by atoms with Gasteiger partial charge in [0, 0.05) is 18.9 Å². The number of carbonyl (C=O) groups excluding carboxylic acids is 3. The second-order valence-corrected chi connectivity index (χ2v) is 7.17. The van der Waals surface area contributed by atoms with Gasteiger partial charge < -0.3 is 4.90 Å². The van der Waals surface area contributed by atoms with Crippen LogP contribution in [0.1, 0.15) is 17.5 Å². The van der Waals surface area contributed by atoms with E-state index in [1.807, 2.05) is 42.5 Å². The van der Waals surface area contributed by atoms with Gasteiger partial charge in [0.15, 0.2) is 0 Å². The SMILES string of the molecule is O=C1CC(N(Cc2cccnc2)C(=O)Cc2ccccc2)C(=O)N1c1ccccc1. The van der Waals surface area contributed by atoms with Crippen LogP contribution in [-0.4, -0.2) is 33.6 Å². The molecule has 30 heavy (non-hydrogen) atoms. The van der Waals surface area contributed by atoms with Gasteiger partial charge in [0.05, 0.1) is 18.5 Å². The molecule has 0 aliphatic carbocycles. The minimum Gasteiger partial charge on any atom is -0.325 e. The summed E-state index contributed by atoms with van der Waals surface area (Å²) in [5.74, 6) is -0.887. The zero-order chi connectivity index (χ0) is 20.9. The van der Waals surface area contributed by atoms with Crippen LogP contribution in [0.2, 0.25) is 0 Å². The van der Waals surface area contributed by atoms with Crippen LogP contribution in [-0.2, 0) is 27.3 Å². The summed E-state index contributed by atoms with van der Waals surface area (Å²) in [6.45, 7) is 0.214. The van der Waals surface area contributed by atoms with Crippen molar-refractivity contribution in [2.75, 3.05) is 4.90 Å². The molecule has 6 heteroatoms. The van der Waals surface area contributed by atoms with E-state index >= 15 is 0 Å². The van der Waals surface area contributed by atoms with Gasteiger partial charge in [-0.3, -0.25) is 19.4 Å². The van der Waals surface area contributed by atoms with Gasteiger partial charge in [0.1, 0.15) is 6.04 Å². The Labute approximate surface area is 174 Å². The molecule has 0 spiro atoms. The van der Waals surface area contributed by atoms with Crippen molar-refractivity contribution in [2.24, 2.45) is 0 Å². The number of carbonyl (C=O) groups is 3. The predicted molar refractivity (Wildman–Crippen MR) is 112 cm³/mol. The zero-order valence-corrected chi connectivity index (χ0v) is 16.3. The lowest BCUT2D eigenvalue weighted by Gasteiger charge is -2.28. The smallest absolute Gasteiger partial charge is 0.257 e. The first-order valence-corrected chi connectivity index (χ1v) is 9.77. The largest absolute Gasteiger partial charge is 0.325 e. The number of amides is 3. The van der Waals surface area contributed by atoms with Gasteiger partial charge in [-0.05, 0) is 29.3 Å². The third-order valence-electron chi connectivity index (χ3n) is 5.11. The Morgan fingerprint density at radius 3 is 2.27 bits per heavy atom. The Morgan fingerprint density at radius 1 is 0.933 bits per heavy atom. The van der Waals surface area contributed by atoms with Gasteiger partial charge in [-0.1, -0.05) is 54.6 Å². The Hall–Kier alpha value is -3.80. The van der Waals surface area contributed by atoms with Gasteiger partial charge in [0.2, 0.25) is 11.8 Å². The van der Waals surface area contributed by atoms with E-state index in [1.54, 1.807) is 42.7 Å². The van der Waals surface area contributed by atoms with Crippen molar-refractivity contribution in [3.63, 3.8) is 0 Å². The van der Waals surface area contributed by atoms with Crippen LogP contribution in [0.4, 0.5) is 5.69 Å². The number of imide groups is 1. The molecule has 2 heterocycles. The molecule has 1 aromatic heterocycles. The van der Waals surface area contributed by atoms with E-state index in [0.717, 1.165) is 11.1 Å². The number of hydrogen-bond donors (Lipinski definition) is 0. The van der Waals surface area contributed by atoms with Crippen LogP contribution in [0, 0.1) is 0 Å². The van der Waals surface area contributed by atoms with Crippen LogP contribution in [0.15, 0.2) is 85.2 Å². The van der Waals surface area contributed by atoms with E-state index < -0.39 is 6.04 Å². The first-order valence-electron chi connectivity index (χ1n) is 9.77. The van der Waals surface area contributed by atoms with Gasteiger partial charge in [-0.15, -0.1) is 0 Å². The van der Waals surface area contributed by atoms with Crippen molar-refractivity contribution >= 4 is 23.4 Å². The Morgan fingerprint density at radius 2 is 1.60 bits per heavy atom. The van der Waals surface area contributed by atoms with Gasteiger partial charge >= 0.3 is 0 Å². The van der Waals surface area contributed by atoms with E-state index in [9.17, 15) is 14.4 Å². The van der Waals surface area contributed by atoms with Crippen molar-refractivity contribution in [1.82, 2.24) is 9.88 Å². The molecule has 150 valence electrons. The Bertz CT molecular complexity index is 1040. The summed E-state index contributed by atoms with van der Waals surface area (Å²) in [4.78, 5) is 45.9. The van der Waals surface area contributed by atoms with Crippen molar-refractivity contribution in [3.05, 3.63) is 96.3 Å². The van der Waals surface area contributed by atoms with Crippen molar-refractivity contribution in [2.45, 2.75) is 25.4 Å². The predicted octanol–water partition coefficient (Wildman–Crippen LogP) is 2.99. The Kier molecular flexibility index (Phi) is 5.66. The molecule has 0 bridgehead atoms. The second kappa shape index (κ2) is 8.69. The van der Waals surface area contributed by atoms with Crippen molar-refractivity contribution in [1.29, 1.82) is 0 Å². The molecule has 1 fully saturated rings. The number of rotatable bonds is 6. The number of nitrogens with zero attached hydrogens (tertiary/aromatic N) is 3. The molecule has 1 unspecified atom stereocenters. The van der Waals surface area contributed by atoms with Crippen LogP contribution in [0.25, 0.3) is 0 Å². The van der Waals surface area contributed by atoms with E-state index in [-0.39, 0.29) is 37.1 Å². The van der Waals surface area contributed by atoms with Crippen LogP contribution >= 0.6 is 0 Å². The molecular formula is C24H21N3O3. The molecule has 6 nitrogen and oxygen atoms in total. The molecule has 0 saturated carbocycles. The van der Waals surface area contributed by atoms with Crippen molar-refractivity contribution in [3.8, 4) is 0 Å². The van der Waals surface area contributed by atoms with Gasteiger partial charge in [-0.25, -0.2) is 4.90 Å². The molecule has 0 radical (unpaired) electrons. The van der Waals surface area contributed by atoms with Crippen LogP contribution in [0.5, 0.6) is 0 Å². The van der Waals surface area contributed by atoms with Gasteiger partial charge in [0.25, 0.3) is 5.91 Å². The number of aromatic nitrogens is 1. The maximum atomic E-state index is 13.2. The maximum Gasteiger partial charge on any atom is 0.257 e. The van der Waals surface area contributed by atoms with Crippen molar-refractivity contribution < 1.29 is 14.4 Å². The lowest BCUT2D eigenvalue weighted by Crippen LogP contribution is -2.45. The summed E-state index contributed by atoms with van der Waals surface area (Å²) in [7, 11) is 0.